The lowest BCUT2D eigenvalue weighted by Gasteiger charge is -2.38. The topological polar surface area (TPSA) is 231 Å². The van der Waals surface area contributed by atoms with Gasteiger partial charge in [0, 0.05) is 11.6 Å². The first kappa shape index (κ1) is 26.3. The van der Waals surface area contributed by atoms with Gasteiger partial charge in [-0.3, -0.25) is 4.79 Å². The zero-order valence-electron chi connectivity index (χ0n) is 19.6. The summed E-state index contributed by atoms with van der Waals surface area (Å²) in [4.78, 5) is 13.3. The van der Waals surface area contributed by atoms with Gasteiger partial charge in [-0.2, -0.15) is 0 Å². The van der Waals surface area contributed by atoms with Gasteiger partial charge >= 0.3 is 0 Å². The molecule has 0 spiro atoms. The molecular formula is C25H26O13. The minimum absolute atomic E-state index is 0.0475. The Kier molecular flexibility index (Phi) is 6.79. The van der Waals surface area contributed by atoms with Crippen LogP contribution in [0.15, 0.2) is 39.5 Å². The fourth-order valence-electron chi connectivity index (χ4n) is 4.83. The second-order valence-electron chi connectivity index (χ2n) is 9.36. The number of hydrogen-bond donors (Lipinski definition) is 9. The number of fused-ring (bicyclic) bond motifs is 1. The van der Waals surface area contributed by atoms with Gasteiger partial charge in [0.05, 0.1) is 24.3 Å². The zero-order chi connectivity index (χ0) is 27.5. The smallest absolute Gasteiger partial charge is 0.197 e. The van der Waals surface area contributed by atoms with Crippen molar-refractivity contribution < 1.29 is 59.8 Å². The first-order valence-corrected chi connectivity index (χ1v) is 11.7. The Balaban J connectivity index is 1.80. The predicted octanol–water partition coefficient (Wildman–Crippen LogP) is -1.12. The van der Waals surface area contributed by atoms with Crippen molar-refractivity contribution in [3.63, 3.8) is 0 Å². The van der Waals surface area contributed by atoms with E-state index in [1.54, 1.807) is 0 Å². The summed E-state index contributed by atoms with van der Waals surface area (Å²) in [5, 5.41) is 93.1. The predicted molar refractivity (Wildman–Crippen MR) is 126 cm³/mol. The van der Waals surface area contributed by atoms with Gasteiger partial charge < -0.3 is 59.8 Å². The van der Waals surface area contributed by atoms with Gasteiger partial charge in [-0.25, -0.2) is 0 Å². The molecule has 2 fully saturated rings. The van der Waals surface area contributed by atoms with Crippen molar-refractivity contribution in [1.29, 1.82) is 0 Å². The van der Waals surface area contributed by atoms with Crippen molar-refractivity contribution in [3.05, 3.63) is 51.7 Å². The molecule has 38 heavy (non-hydrogen) atoms. The summed E-state index contributed by atoms with van der Waals surface area (Å²) in [7, 11) is 0. The minimum Gasteiger partial charge on any atom is -0.508 e. The Labute approximate surface area is 213 Å². The third kappa shape index (κ3) is 4.19. The highest BCUT2D eigenvalue weighted by atomic mass is 16.5. The molecule has 204 valence electrons. The molecule has 8 atom stereocenters. The van der Waals surface area contributed by atoms with E-state index in [9.17, 15) is 50.8 Å². The van der Waals surface area contributed by atoms with Crippen molar-refractivity contribution in [1.82, 2.24) is 0 Å². The monoisotopic (exact) mass is 534 g/mol. The van der Waals surface area contributed by atoms with Gasteiger partial charge in [-0.05, 0) is 24.3 Å². The molecule has 1 aromatic heterocycles. The Morgan fingerprint density at radius 1 is 0.684 bits per heavy atom. The van der Waals surface area contributed by atoms with Gasteiger partial charge in [-0.15, -0.1) is 0 Å². The first-order chi connectivity index (χ1) is 18.0. The molecule has 2 aliphatic heterocycles. The summed E-state index contributed by atoms with van der Waals surface area (Å²) in [5.41, 5.74) is -1.86. The van der Waals surface area contributed by atoms with Crippen LogP contribution in [0.1, 0.15) is 23.3 Å². The van der Waals surface area contributed by atoms with Crippen LogP contribution in [0.3, 0.4) is 0 Å². The van der Waals surface area contributed by atoms with Crippen LogP contribution in [0.2, 0.25) is 0 Å². The van der Waals surface area contributed by atoms with Crippen molar-refractivity contribution in [2.45, 2.75) is 48.8 Å². The van der Waals surface area contributed by atoms with E-state index in [1.165, 1.54) is 24.3 Å². The lowest BCUT2D eigenvalue weighted by atomic mass is 9.87. The number of phenols is 3. The number of phenolic OH excluding ortho intramolecular Hbond substituents is 3. The van der Waals surface area contributed by atoms with Gasteiger partial charge in [0.25, 0.3) is 0 Å². The maximum Gasteiger partial charge on any atom is 0.197 e. The van der Waals surface area contributed by atoms with E-state index in [-0.39, 0.29) is 11.5 Å². The van der Waals surface area contributed by atoms with E-state index in [0.29, 0.717) is 5.56 Å². The molecule has 2 saturated heterocycles. The standard InChI is InChI=1S/C25H26O13/c26-9-3-1-8(2-4-9)13-5-10(27)14-19(32)15(24-21(34)17(30)11(28)6-36-24)20(33)16(23(14)38-13)25-22(35)18(31)12(29)7-37-25/h1-5,11-12,17-18,21-22,24-26,28-35H,6-7H2/t11-,12+,17-,18-,21+,22+,24+,25+/m0/s1. The lowest BCUT2D eigenvalue weighted by Crippen LogP contribution is -2.49. The molecule has 5 rings (SSSR count). The summed E-state index contributed by atoms with van der Waals surface area (Å²) >= 11 is 0. The summed E-state index contributed by atoms with van der Waals surface area (Å²) in [5.74, 6) is -1.80. The van der Waals surface area contributed by atoms with Crippen LogP contribution in [0, 0.1) is 0 Å². The molecule has 0 aliphatic carbocycles. The van der Waals surface area contributed by atoms with Gasteiger partial charge in [0.1, 0.15) is 77.2 Å². The third-order valence-electron chi connectivity index (χ3n) is 6.92. The van der Waals surface area contributed by atoms with E-state index in [1.807, 2.05) is 0 Å². The fourth-order valence-corrected chi connectivity index (χ4v) is 4.83. The fraction of sp³-hybridized carbons (Fsp3) is 0.400. The second kappa shape index (κ2) is 9.80. The molecule has 9 N–H and O–H groups in total. The number of rotatable bonds is 3. The highest BCUT2D eigenvalue weighted by Gasteiger charge is 2.46. The first-order valence-electron chi connectivity index (χ1n) is 11.7. The number of ether oxygens (including phenoxy) is 2. The van der Waals surface area contributed by atoms with Crippen LogP contribution >= 0.6 is 0 Å². The Bertz CT molecular complexity index is 1400. The van der Waals surface area contributed by atoms with Gasteiger partial charge in [0.2, 0.25) is 0 Å². The van der Waals surface area contributed by atoms with E-state index in [2.05, 4.69) is 0 Å². The second-order valence-corrected chi connectivity index (χ2v) is 9.36. The highest BCUT2D eigenvalue weighted by molar-refractivity contribution is 5.91. The van der Waals surface area contributed by atoms with Crippen LogP contribution in [-0.2, 0) is 9.47 Å². The molecule has 13 heteroatoms. The Morgan fingerprint density at radius 3 is 1.76 bits per heavy atom. The summed E-state index contributed by atoms with van der Waals surface area (Å²) < 4.78 is 16.8. The van der Waals surface area contributed by atoms with E-state index < -0.39 is 101 Å². The largest absolute Gasteiger partial charge is 0.508 e. The van der Waals surface area contributed by atoms with Crippen molar-refractivity contribution >= 4 is 11.0 Å². The molecule has 2 aromatic carbocycles. The van der Waals surface area contributed by atoms with Crippen LogP contribution < -0.4 is 5.43 Å². The number of benzene rings is 2. The third-order valence-corrected chi connectivity index (χ3v) is 6.92. The maximum atomic E-state index is 13.3. The molecule has 0 unspecified atom stereocenters. The van der Waals surface area contributed by atoms with Crippen LogP contribution in [0.5, 0.6) is 17.2 Å². The van der Waals surface area contributed by atoms with Crippen LogP contribution in [0.4, 0.5) is 0 Å². The number of hydrogen-bond acceptors (Lipinski definition) is 13. The summed E-state index contributed by atoms with van der Waals surface area (Å²) in [6.45, 7) is -0.966. The molecule has 0 bridgehead atoms. The number of aromatic hydroxyl groups is 3. The van der Waals surface area contributed by atoms with Gasteiger partial charge in [-0.1, -0.05) is 0 Å². The van der Waals surface area contributed by atoms with Crippen LogP contribution in [-0.4, -0.2) is 95.8 Å². The highest BCUT2D eigenvalue weighted by Crippen LogP contribution is 2.50. The van der Waals surface area contributed by atoms with Crippen molar-refractivity contribution in [2.75, 3.05) is 13.2 Å². The summed E-state index contributed by atoms with van der Waals surface area (Å²) in [6.07, 6.45) is -13.3. The summed E-state index contributed by atoms with van der Waals surface area (Å²) in [6, 6.07) is 6.60. The Morgan fingerprint density at radius 2 is 1.21 bits per heavy atom. The Hall–Kier alpha value is -3.27. The maximum absolute atomic E-state index is 13.3. The molecule has 0 amide bonds. The van der Waals surface area contributed by atoms with Crippen LogP contribution in [0.25, 0.3) is 22.3 Å². The zero-order valence-corrected chi connectivity index (χ0v) is 19.6. The average molecular weight is 534 g/mol. The average Bonchev–Trinajstić information content (AvgIpc) is 2.88. The van der Waals surface area contributed by atoms with Gasteiger partial charge in [0.15, 0.2) is 11.0 Å². The quantitative estimate of drug-likeness (QED) is 0.194. The normalized spacial score (nSPS) is 31.9. The lowest BCUT2D eigenvalue weighted by molar-refractivity contribution is -0.191. The SMILES string of the molecule is O=c1cc(-c2ccc(O)cc2)oc2c([C@H]3OC[C@@H](O)[C@H](O)[C@H]3O)c(O)c([C@H]3OC[C@H](O)[C@H](O)[C@H]3O)c(O)c12. The van der Waals surface area contributed by atoms with E-state index in [0.717, 1.165) is 6.07 Å². The van der Waals surface area contributed by atoms with Crippen molar-refractivity contribution in [3.8, 4) is 28.6 Å². The number of aliphatic hydroxyl groups excluding tert-OH is 6. The molecule has 0 radical (unpaired) electrons. The van der Waals surface area contributed by atoms with E-state index >= 15 is 0 Å². The molecule has 3 aromatic rings. The molecule has 13 nitrogen and oxygen atoms in total. The van der Waals surface area contributed by atoms with Crippen molar-refractivity contribution in [2.24, 2.45) is 0 Å². The molecule has 2 aliphatic rings. The molecule has 0 saturated carbocycles. The number of aliphatic hydroxyl groups is 6. The molecule has 3 heterocycles. The minimum atomic E-state index is -1.85. The van der Waals surface area contributed by atoms with E-state index in [4.69, 9.17) is 13.9 Å². The molecular weight excluding hydrogens is 508 g/mol.